The average Bonchev–Trinajstić information content (AvgIpc) is 2.54. The van der Waals surface area contributed by atoms with Crippen LogP contribution >= 0.6 is 22.6 Å². The van der Waals surface area contributed by atoms with Gasteiger partial charge in [-0.25, -0.2) is 0 Å². The first-order valence-electron chi connectivity index (χ1n) is 6.63. The zero-order valence-corrected chi connectivity index (χ0v) is 13.2. The molecule has 1 atom stereocenters. The quantitative estimate of drug-likeness (QED) is 0.407. The molecule has 0 bridgehead atoms. The first-order valence-corrected chi connectivity index (χ1v) is 8.15. The minimum absolute atomic E-state index is 0.0286. The second-order valence-electron chi connectivity index (χ2n) is 6.81. The van der Waals surface area contributed by atoms with Crippen LogP contribution in [0, 0.1) is 16.7 Å². The van der Waals surface area contributed by atoms with Crippen molar-refractivity contribution in [2.45, 2.75) is 59.0 Å². The molecule has 1 spiro atoms. The molecule has 2 fully saturated rings. The van der Waals surface area contributed by atoms with Gasteiger partial charge in [0.25, 0.3) is 0 Å². The summed E-state index contributed by atoms with van der Waals surface area (Å²) in [6.45, 7) is 7.01. The Kier molecular flexibility index (Phi) is 3.77. The third-order valence-electron chi connectivity index (χ3n) is 4.80. The van der Waals surface area contributed by atoms with Crippen LogP contribution in [0.4, 0.5) is 0 Å². The molecule has 2 rings (SSSR count). The van der Waals surface area contributed by atoms with Crippen molar-refractivity contribution in [3.63, 3.8) is 0 Å². The van der Waals surface area contributed by atoms with Crippen LogP contribution in [0.2, 0.25) is 0 Å². The highest BCUT2D eigenvalue weighted by Crippen LogP contribution is 2.52. The number of hydrogen-bond donors (Lipinski definition) is 0. The minimum Gasteiger partial charge on any atom is -0.461 e. The fourth-order valence-electron chi connectivity index (χ4n) is 3.48. The van der Waals surface area contributed by atoms with Crippen molar-refractivity contribution < 1.29 is 9.53 Å². The van der Waals surface area contributed by atoms with E-state index >= 15 is 0 Å². The molecule has 0 aromatic rings. The smallest absolute Gasteiger partial charge is 0.306 e. The Labute approximate surface area is 118 Å². The number of halogens is 1. The van der Waals surface area contributed by atoms with Gasteiger partial charge >= 0.3 is 5.97 Å². The molecule has 1 aliphatic heterocycles. The molecule has 1 heterocycles. The molecule has 0 aromatic heterocycles. The Morgan fingerprint density at radius 3 is 2.41 bits per heavy atom. The lowest BCUT2D eigenvalue weighted by molar-refractivity contribution is -0.140. The monoisotopic (exact) mass is 350 g/mol. The van der Waals surface area contributed by atoms with Gasteiger partial charge in [-0.2, -0.15) is 0 Å². The lowest BCUT2D eigenvalue weighted by Gasteiger charge is -2.43. The van der Waals surface area contributed by atoms with E-state index in [4.69, 9.17) is 4.74 Å². The van der Waals surface area contributed by atoms with Gasteiger partial charge in [-0.1, -0.05) is 43.4 Å². The predicted octanol–water partition coefficient (Wildman–Crippen LogP) is 3.96. The van der Waals surface area contributed by atoms with Crippen molar-refractivity contribution in [3.05, 3.63) is 0 Å². The molecule has 3 heteroatoms. The molecule has 1 unspecified atom stereocenters. The fraction of sp³-hybridized carbons (Fsp3) is 0.929. The largest absolute Gasteiger partial charge is 0.461 e. The summed E-state index contributed by atoms with van der Waals surface area (Å²) in [4.78, 5) is 11.5. The summed E-state index contributed by atoms with van der Waals surface area (Å²) in [5, 5.41) is 0. The minimum atomic E-state index is 0.0286. The molecule has 1 aliphatic carbocycles. The van der Waals surface area contributed by atoms with Crippen molar-refractivity contribution in [1.29, 1.82) is 0 Å². The van der Waals surface area contributed by atoms with Crippen LogP contribution in [0.5, 0.6) is 0 Å². The van der Waals surface area contributed by atoms with Crippen molar-refractivity contribution >= 4 is 28.6 Å². The molecule has 2 nitrogen and oxygen atoms in total. The average molecular weight is 350 g/mol. The van der Waals surface area contributed by atoms with E-state index in [1.807, 2.05) is 0 Å². The molecule has 0 aromatic carbocycles. The Hall–Kier alpha value is 0.200. The topological polar surface area (TPSA) is 26.3 Å². The Morgan fingerprint density at radius 2 is 1.94 bits per heavy atom. The first kappa shape index (κ1) is 13.6. The van der Waals surface area contributed by atoms with E-state index < -0.39 is 0 Å². The number of esters is 1. The molecular weight excluding hydrogens is 327 g/mol. The van der Waals surface area contributed by atoms with E-state index in [1.54, 1.807) is 0 Å². The van der Waals surface area contributed by atoms with E-state index in [0.717, 1.165) is 10.3 Å². The maximum Gasteiger partial charge on any atom is 0.306 e. The number of rotatable bonds is 1. The van der Waals surface area contributed by atoms with Gasteiger partial charge in [-0.05, 0) is 37.0 Å². The number of cyclic esters (lactones) is 1. The van der Waals surface area contributed by atoms with Crippen LogP contribution in [0.1, 0.15) is 52.9 Å². The predicted molar refractivity (Wildman–Crippen MR) is 77.2 cm³/mol. The molecule has 1 saturated carbocycles. The zero-order chi connectivity index (χ0) is 12.7. The fourth-order valence-corrected chi connectivity index (χ4v) is 4.59. The highest BCUT2D eigenvalue weighted by Gasteiger charge is 2.50. The standard InChI is InChI=1S/C14H23IO2/c1-13(2,3)10-4-6-14(7-5-10)8-12(16)17-11(14)9-15/h10-11H,4-9H2,1-3H3. The van der Waals surface area contributed by atoms with Gasteiger partial charge < -0.3 is 4.74 Å². The number of carbonyl (C=O) groups is 1. The highest BCUT2D eigenvalue weighted by atomic mass is 127. The number of carbonyl (C=O) groups excluding carboxylic acids is 1. The molecule has 0 amide bonds. The van der Waals surface area contributed by atoms with Crippen molar-refractivity contribution in [2.75, 3.05) is 4.43 Å². The van der Waals surface area contributed by atoms with Crippen LogP contribution in [-0.2, 0) is 9.53 Å². The van der Waals surface area contributed by atoms with E-state index in [9.17, 15) is 4.79 Å². The highest BCUT2D eigenvalue weighted by molar-refractivity contribution is 14.1. The lowest BCUT2D eigenvalue weighted by atomic mass is 9.62. The number of alkyl halides is 1. The normalized spacial score (nSPS) is 38.5. The van der Waals surface area contributed by atoms with Gasteiger partial charge in [0.15, 0.2) is 0 Å². The number of hydrogen-bond acceptors (Lipinski definition) is 2. The maximum absolute atomic E-state index is 11.5. The van der Waals surface area contributed by atoms with Gasteiger partial charge in [-0.15, -0.1) is 0 Å². The van der Waals surface area contributed by atoms with E-state index in [1.165, 1.54) is 25.7 Å². The molecule has 2 aliphatic rings. The summed E-state index contributed by atoms with van der Waals surface area (Å²) in [6.07, 6.45) is 5.71. The summed E-state index contributed by atoms with van der Waals surface area (Å²) in [6, 6.07) is 0. The van der Waals surface area contributed by atoms with E-state index in [2.05, 4.69) is 43.4 Å². The summed E-state index contributed by atoms with van der Waals surface area (Å²) in [5.41, 5.74) is 0.588. The molecule has 98 valence electrons. The molecule has 0 N–H and O–H groups in total. The van der Waals surface area contributed by atoms with E-state index in [-0.39, 0.29) is 17.5 Å². The summed E-state index contributed by atoms with van der Waals surface area (Å²) < 4.78 is 6.43. The second-order valence-corrected chi connectivity index (χ2v) is 7.69. The molecule has 1 saturated heterocycles. The summed E-state index contributed by atoms with van der Waals surface area (Å²) in [7, 11) is 0. The zero-order valence-electron chi connectivity index (χ0n) is 11.1. The Balaban J connectivity index is 2.04. The van der Waals surface area contributed by atoms with E-state index in [0.29, 0.717) is 11.8 Å². The van der Waals surface area contributed by atoms with Crippen LogP contribution in [0.25, 0.3) is 0 Å². The second kappa shape index (κ2) is 4.71. The van der Waals surface area contributed by atoms with Crippen molar-refractivity contribution in [1.82, 2.24) is 0 Å². The molecular formula is C14H23IO2. The Morgan fingerprint density at radius 1 is 1.35 bits per heavy atom. The van der Waals surface area contributed by atoms with Gasteiger partial charge in [0, 0.05) is 9.84 Å². The van der Waals surface area contributed by atoms with Crippen LogP contribution in [0.15, 0.2) is 0 Å². The molecule has 0 radical (unpaired) electrons. The number of ether oxygens (including phenoxy) is 1. The maximum atomic E-state index is 11.5. The summed E-state index contributed by atoms with van der Waals surface area (Å²) in [5.74, 6) is 0.833. The third kappa shape index (κ3) is 2.64. The van der Waals surface area contributed by atoms with Crippen LogP contribution in [-0.4, -0.2) is 16.5 Å². The Bertz CT molecular complexity index is 298. The van der Waals surface area contributed by atoms with Crippen molar-refractivity contribution in [2.24, 2.45) is 16.7 Å². The van der Waals surface area contributed by atoms with Gasteiger partial charge in [-0.3, -0.25) is 4.79 Å². The first-order chi connectivity index (χ1) is 7.87. The SMILES string of the molecule is CC(C)(C)C1CCC2(CC1)CC(=O)OC2CI. The molecule has 17 heavy (non-hydrogen) atoms. The van der Waals surface area contributed by atoms with Gasteiger partial charge in [0.1, 0.15) is 6.10 Å². The van der Waals surface area contributed by atoms with Crippen LogP contribution in [0.3, 0.4) is 0 Å². The van der Waals surface area contributed by atoms with Gasteiger partial charge in [0.2, 0.25) is 0 Å². The van der Waals surface area contributed by atoms with Crippen LogP contribution < -0.4 is 0 Å². The summed E-state index contributed by atoms with van der Waals surface area (Å²) >= 11 is 2.36. The van der Waals surface area contributed by atoms with Crippen molar-refractivity contribution in [3.8, 4) is 0 Å². The third-order valence-corrected chi connectivity index (χ3v) is 5.60. The lowest BCUT2D eigenvalue weighted by Crippen LogP contribution is -2.38. The van der Waals surface area contributed by atoms with Gasteiger partial charge in [0.05, 0.1) is 6.42 Å².